The van der Waals surface area contributed by atoms with Gasteiger partial charge in [-0.05, 0) is 12.8 Å². The number of fused-ring (bicyclic) bond motifs is 1. The first-order valence-corrected chi connectivity index (χ1v) is 6.46. The van der Waals surface area contributed by atoms with Gasteiger partial charge in [0.05, 0.1) is 10.4 Å². The summed E-state index contributed by atoms with van der Waals surface area (Å²) in [7, 11) is 0. The van der Waals surface area contributed by atoms with Crippen molar-refractivity contribution in [2.24, 2.45) is 0 Å². The molecule has 2 aromatic heterocycles. The normalized spacial score (nSPS) is 15.3. The number of carbonyl (C=O) groups excluding carboxylic acids is 1. The molecular formula is C10H8N2OS2. The minimum atomic E-state index is 0.197. The van der Waals surface area contributed by atoms with Gasteiger partial charge in [0.15, 0.2) is 5.78 Å². The van der Waals surface area contributed by atoms with E-state index in [1.807, 2.05) is 0 Å². The van der Waals surface area contributed by atoms with E-state index in [0.29, 0.717) is 12.1 Å². The number of Topliss-reactive ketones (excluding diaryl/α,β-unsaturated/α-hetero) is 1. The smallest absolute Gasteiger partial charge is 0.182 e. The second-order valence-electron chi connectivity index (χ2n) is 3.43. The Kier molecular flexibility index (Phi) is 2.14. The van der Waals surface area contributed by atoms with Crippen molar-refractivity contribution in [3.8, 4) is 9.88 Å². The zero-order chi connectivity index (χ0) is 10.3. The predicted octanol–water partition coefficient (Wildman–Crippen LogP) is 2.79. The van der Waals surface area contributed by atoms with Gasteiger partial charge in [0.1, 0.15) is 10.7 Å². The summed E-state index contributed by atoms with van der Waals surface area (Å²) >= 11 is 3.20. The van der Waals surface area contributed by atoms with Gasteiger partial charge in [-0.25, -0.2) is 4.98 Å². The fourth-order valence-electron chi connectivity index (χ4n) is 1.69. The van der Waals surface area contributed by atoms with Gasteiger partial charge in [0.25, 0.3) is 0 Å². The summed E-state index contributed by atoms with van der Waals surface area (Å²) in [6.07, 6.45) is 4.42. The van der Waals surface area contributed by atoms with E-state index in [9.17, 15) is 4.79 Å². The van der Waals surface area contributed by atoms with Crippen LogP contribution in [0, 0.1) is 0 Å². The van der Waals surface area contributed by atoms with Crippen LogP contribution in [0.4, 0.5) is 0 Å². The van der Waals surface area contributed by atoms with E-state index in [0.717, 1.165) is 27.6 Å². The molecule has 0 unspecified atom stereocenters. The summed E-state index contributed by atoms with van der Waals surface area (Å²) in [5.41, 5.74) is 2.49. The van der Waals surface area contributed by atoms with Crippen LogP contribution in [0.1, 0.15) is 28.2 Å². The lowest BCUT2D eigenvalue weighted by Gasteiger charge is -2.06. The fourth-order valence-corrected chi connectivity index (χ4v) is 3.49. The largest absolute Gasteiger partial charge is 0.292 e. The third-order valence-electron chi connectivity index (χ3n) is 2.41. The second-order valence-corrected chi connectivity index (χ2v) is 5.40. The first-order valence-electron chi connectivity index (χ1n) is 4.76. The highest BCUT2D eigenvalue weighted by atomic mass is 32.1. The van der Waals surface area contributed by atoms with E-state index < -0.39 is 0 Å². The number of hydrogen-bond donors (Lipinski definition) is 0. The molecule has 5 heteroatoms. The zero-order valence-corrected chi connectivity index (χ0v) is 9.53. The SMILES string of the molecule is O=C1CCCc2sc(-c3cncs3)nc21. The molecule has 2 heterocycles. The highest BCUT2D eigenvalue weighted by Gasteiger charge is 2.22. The van der Waals surface area contributed by atoms with Crippen LogP contribution in [0.2, 0.25) is 0 Å². The van der Waals surface area contributed by atoms with Crippen molar-refractivity contribution < 1.29 is 4.79 Å². The number of aromatic nitrogens is 2. The van der Waals surface area contributed by atoms with Gasteiger partial charge in [-0.2, -0.15) is 0 Å². The van der Waals surface area contributed by atoms with Crippen molar-refractivity contribution >= 4 is 28.5 Å². The van der Waals surface area contributed by atoms with E-state index in [1.165, 1.54) is 0 Å². The van der Waals surface area contributed by atoms with Gasteiger partial charge in [-0.3, -0.25) is 9.78 Å². The molecule has 0 saturated heterocycles. The summed E-state index contributed by atoms with van der Waals surface area (Å²) in [5, 5.41) is 0.942. The van der Waals surface area contributed by atoms with Crippen molar-refractivity contribution in [2.45, 2.75) is 19.3 Å². The molecule has 15 heavy (non-hydrogen) atoms. The fraction of sp³-hybridized carbons (Fsp3) is 0.300. The highest BCUT2D eigenvalue weighted by Crippen LogP contribution is 2.33. The average Bonchev–Trinajstić information content (AvgIpc) is 2.86. The van der Waals surface area contributed by atoms with E-state index in [4.69, 9.17) is 0 Å². The highest BCUT2D eigenvalue weighted by molar-refractivity contribution is 7.21. The van der Waals surface area contributed by atoms with E-state index in [2.05, 4.69) is 9.97 Å². The molecular weight excluding hydrogens is 228 g/mol. The standard InChI is InChI=1S/C10H8N2OS2/c13-6-2-1-3-7-9(6)12-10(15-7)8-4-11-5-14-8/h4-5H,1-3H2. The summed E-state index contributed by atoms with van der Waals surface area (Å²) < 4.78 is 0. The Balaban J connectivity index is 2.09. The Hall–Kier alpha value is -1.07. The Labute approximate surface area is 94.8 Å². The molecule has 0 aromatic carbocycles. The third kappa shape index (κ3) is 1.52. The molecule has 0 amide bonds. The van der Waals surface area contributed by atoms with Crippen LogP contribution in [0.5, 0.6) is 0 Å². The van der Waals surface area contributed by atoms with Gasteiger partial charge in [0, 0.05) is 17.5 Å². The number of rotatable bonds is 1. The van der Waals surface area contributed by atoms with Crippen molar-refractivity contribution in [3.63, 3.8) is 0 Å². The minimum absolute atomic E-state index is 0.197. The van der Waals surface area contributed by atoms with Gasteiger partial charge < -0.3 is 0 Å². The Morgan fingerprint density at radius 1 is 1.33 bits per heavy atom. The van der Waals surface area contributed by atoms with Crippen molar-refractivity contribution in [3.05, 3.63) is 22.3 Å². The van der Waals surface area contributed by atoms with Gasteiger partial charge in [0.2, 0.25) is 0 Å². The third-order valence-corrected chi connectivity index (χ3v) is 4.47. The van der Waals surface area contributed by atoms with Crippen LogP contribution in [-0.2, 0) is 6.42 Å². The minimum Gasteiger partial charge on any atom is -0.292 e. The summed E-state index contributed by atoms with van der Waals surface area (Å²) in [5.74, 6) is 0.197. The lowest BCUT2D eigenvalue weighted by atomic mass is 10.0. The van der Waals surface area contributed by atoms with Crippen LogP contribution < -0.4 is 0 Å². The molecule has 0 fully saturated rings. The Morgan fingerprint density at radius 2 is 2.27 bits per heavy atom. The van der Waals surface area contributed by atoms with Crippen LogP contribution >= 0.6 is 22.7 Å². The summed E-state index contributed by atoms with van der Waals surface area (Å²) in [6.45, 7) is 0. The molecule has 0 atom stereocenters. The van der Waals surface area contributed by atoms with Crippen LogP contribution in [0.3, 0.4) is 0 Å². The molecule has 1 aliphatic rings. The lowest BCUT2D eigenvalue weighted by molar-refractivity contribution is 0.0968. The number of thiazole rings is 2. The first-order chi connectivity index (χ1) is 7.34. The first kappa shape index (κ1) is 9.18. The summed E-state index contributed by atoms with van der Waals surface area (Å²) in [6, 6.07) is 0. The van der Waals surface area contributed by atoms with E-state index >= 15 is 0 Å². The van der Waals surface area contributed by atoms with Crippen LogP contribution in [0.15, 0.2) is 11.7 Å². The maximum absolute atomic E-state index is 11.6. The summed E-state index contributed by atoms with van der Waals surface area (Å²) in [4.78, 5) is 22.2. The van der Waals surface area contributed by atoms with E-state index in [1.54, 1.807) is 34.4 Å². The molecule has 3 nitrogen and oxygen atoms in total. The topological polar surface area (TPSA) is 42.9 Å². The average molecular weight is 236 g/mol. The monoisotopic (exact) mass is 236 g/mol. The quantitative estimate of drug-likeness (QED) is 0.764. The molecule has 0 aliphatic heterocycles. The van der Waals surface area contributed by atoms with Crippen molar-refractivity contribution in [1.82, 2.24) is 9.97 Å². The molecule has 76 valence electrons. The molecule has 0 saturated carbocycles. The van der Waals surface area contributed by atoms with Crippen LogP contribution in [0.25, 0.3) is 9.88 Å². The molecule has 0 spiro atoms. The molecule has 0 radical (unpaired) electrons. The van der Waals surface area contributed by atoms with Gasteiger partial charge in [-0.1, -0.05) is 0 Å². The number of nitrogens with zero attached hydrogens (tertiary/aromatic N) is 2. The van der Waals surface area contributed by atoms with Crippen LogP contribution in [-0.4, -0.2) is 15.8 Å². The van der Waals surface area contributed by atoms with Gasteiger partial charge in [-0.15, -0.1) is 22.7 Å². The number of carbonyl (C=O) groups is 1. The number of hydrogen-bond acceptors (Lipinski definition) is 5. The Morgan fingerprint density at radius 3 is 3.00 bits per heavy atom. The van der Waals surface area contributed by atoms with Crippen molar-refractivity contribution in [2.75, 3.05) is 0 Å². The predicted molar refractivity (Wildman–Crippen MR) is 60.5 cm³/mol. The van der Waals surface area contributed by atoms with E-state index in [-0.39, 0.29) is 5.78 Å². The van der Waals surface area contributed by atoms with Crippen molar-refractivity contribution in [1.29, 1.82) is 0 Å². The zero-order valence-electron chi connectivity index (χ0n) is 7.90. The molecule has 1 aliphatic carbocycles. The second kappa shape index (κ2) is 3.50. The molecule has 0 bridgehead atoms. The molecule has 3 rings (SSSR count). The Bertz CT molecular complexity index is 501. The maximum atomic E-state index is 11.6. The lowest BCUT2D eigenvalue weighted by Crippen LogP contribution is -2.08. The number of ketones is 1. The molecule has 2 aromatic rings. The maximum Gasteiger partial charge on any atom is 0.182 e. The molecule has 0 N–H and O–H groups in total. The number of aryl methyl sites for hydroxylation is 1. The van der Waals surface area contributed by atoms with Gasteiger partial charge >= 0.3 is 0 Å².